The first-order valence-corrected chi connectivity index (χ1v) is 26.5. The van der Waals surface area contributed by atoms with Gasteiger partial charge in [-0.25, -0.2) is 14.6 Å². The molecule has 22 heteroatoms. The van der Waals surface area contributed by atoms with Crippen molar-refractivity contribution in [3.8, 4) is 11.5 Å². The number of aromatic nitrogens is 6. The molecule has 7 atom stereocenters. The lowest BCUT2D eigenvalue weighted by molar-refractivity contribution is -0.150. The summed E-state index contributed by atoms with van der Waals surface area (Å²) in [4.78, 5) is 72.7. The maximum atomic E-state index is 13.5. The Hall–Kier alpha value is -5.90. The van der Waals surface area contributed by atoms with Gasteiger partial charge in [0.25, 0.3) is 11.1 Å². The summed E-state index contributed by atoms with van der Waals surface area (Å²) in [6.07, 6.45) is 0.937. The number of ether oxygens (including phenoxy) is 6. The van der Waals surface area contributed by atoms with Crippen LogP contribution in [0.2, 0.25) is 0 Å². The van der Waals surface area contributed by atoms with Gasteiger partial charge < -0.3 is 42.0 Å². The largest absolute Gasteiger partial charge is 0.497 e. The minimum absolute atomic E-state index is 0.0690. The standard InChI is InChI=1S/C48H53N6O13PS2/c1-29-24-53(46(58)50-44(29)56)42-22-37(64-31(3)55)40(66-42)27-63-68(69,70-28-41-49-20-21-52(41)4)67-38-23-43(54-25-30(2)45(57)51-47(54)59)65-39(38)26-62-48(32-10-8-7-9-11-32,33-12-16-35(60-5)17-13-33)34-14-18-36(61-6)19-15-34/h7-21,24-25,37-40,42-43H,22-23,26-28H2,1-6H3,(H,50,56,58)(H,51,57,59)/t37-,38-,39+,40+,42+,43+,68?/m0/s1. The zero-order valence-corrected chi connectivity index (χ0v) is 41.7. The zero-order chi connectivity index (χ0) is 49.7. The van der Waals surface area contributed by atoms with Crippen molar-refractivity contribution in [3.05, 3.63) is 179 Å². The number of esters is 1. The third-order valence-electron chi connectivity index (χ3n) is 12.2. The van der Waals surface area contributed by atoms with Crippen molar-refractivity contribution in [1.82, 2.24) is 28.7 Å². The van der Waals surface area contributed by atoms with Gasteiger partial charge in [0.05, 0.1) is 39.3 Å². The molecule has 2 fully saturated rings. The van der Waals surface area contributed by atoms with Crippen LogP contribution in [-0.4, -0.2) is 86.5 Å². The van der Waals surface area contributed by atoms with Crippen LogP contribution >= 0.6 is 17.1 Å². The Balaban J connectivity index is 1.16. The second kappa shape index (κ2) is 21.6. The summed E-state index contributed by atoms with van der Waals surface area (Å²) in [5.74, 6) is 1.65. The average Bonchev–Trinajstić information content (AvgIpc) is 4.08. The first-order valence-electron chi connectivity index (χ1n) is 22.2. The van der Waals surface area contributed by atoms with E-state index in [0.717, 1.165) is 16.7 Å². The summed E-state index contributed by atoms with van der Waals surface area (Å²) in [5, 5.41) is 0. The normalized spacial score (nSPS) is 21.1. The summed E-state index contributed by atoms with van der Waals surface area (Å²) in [7, 11) is 5.04. The Morgan fingerprint density at radius 2 is 1.30 bits per heavy atom. The van der Waals surface area contributed by atoms with E-state index in [1.165, 1.54) is 39.8 Å². The fourth-order valence-electron chi connectivity index (χ4n) is 8.47. The van der Waals surface area contributed by atoms with E-state index >= 15 is 0 Å². The second-order valence-electron chi connectivity index (χ2n) is 16.8. The third kappa shape index (κ3) is 11.0. The molecule has 2 saturated heterocycles. The topological polar surface area (TPSA) is 218 Å². The summed E-state index contributed by atoms with van der Waals surface area (Å²) in [6, 6.07) is 24.8. The predicted molar refractivity (Wildman–Crippen MR) is 263 cm³/mol. The van der Waals surface area contributed by atoms with Gasteiger partial charge in [-0.15, -0.1) is 0 Å². The maximum absolute atomic E-state index is 13.5. The molecule has 5 heterocycles. The van der Waals surface area contributed by atoms with E-state index in [0.29, 0.717) is 17.3 Å². The van der Waals surface area contributed by atoms with Crippen LogP contribution < -0.4 is 32.0 Å². The van der Waals surface area contributed by atoms with Gasteiger partial charge >= 0.3 is 17.3 Å². The molecule has 1 unspecified atom stereocenters. The molecule has 3 aromatic carbocycles. The number of hydrogen-bond donors (Lipinski definition) is 2. The highest BCUT2D eigenvalue weighted by atomic mass is 32.9. The number of H-pyrrole nitrogens is 2. The van der Waals surface area contributed by atoms with E-state index in [9.17, 15) is 24.0 Å². The number of aryl methyl sites for hydroxylation is 3. The van der Waals surface area contributed by atoms with Crippen LogP contribution in [0.15, 0.2) is 123 Å². The van der Waals surface area contributed by atoms with Gasteiger partial charge in [-0.05, 0) is 66.6 Å². The van der Waals surface area contributed by atoms with Crippen molar-refractivity contribution < 1.29 is 42.3 Å². The van der Waals surface area contributed by atoms with Crippen LogP contribution in [0.5, 0.6) is 11.5 Å². The second-order valence-corrected chi connectivity index (χ2v) is 23.0. The van der Waals surface area contributed by atoms with Crippen molar-refractivity contribution in [1.29, 1.82) is 0 Å². The zero-order valence-electron chi connectivity index (χ0n) is 39.2. The van der Waals surface area contributed by atoms with Crippen LogP contribution in [0.4, 0.5) is 0 Å². The molecule has 0 aliphatic carbocycles. The van der Waals surface area contributed by atoms with Crippen molar-refractivity contribution in [3.63, 3.8) is 0 Å². The molecule has 0 spiro atoms. The fraction of sp³-hybridized carbons (Fsp3) is 0.375. The third-order valence-corrected chi connectivity index (χ3v) is 17.3. The lowest BCUT2D eigenvalue weighted by Crippen LogP contribution is -2.38. The van der Waals surface area contributed by atoms with E-state index in [1.807, 2.05) is 90.5 Å². The van der Waals surface area contributed by atoms with Gasteiger partial charge in [-0.1, -0.05) is 66.0 Å². The number of nitrogens with zero attached hydrogens (tertiary/aromatic N) is 4. The van der Waals surface area contributed by atoms with E-state index in [2.05, 4.69) is 15.0 Å². The fourth-order valence-corrected chi connectivity index (χ4v) is 12.8. The van der Waals surface area contributed by atoms with Crippen LogP contribution in [-0.2, 0) is 63.0 Å². The molecule has 2 aliphatic rings. The number of nitrogens with one attached hydrogen (secondary N) is 2. The summed E-state index contributed by atoms with van der Waals surface area (Å²) in [5.41, 5.74) is -4.37. The SMILES string of the molecule is COc1ccc(C(OC[C@H]2O[C@@H](n3cc(C)c(=O)[nH]c3=O)C[C@@H]2OP(=S)(OC[C@H]2O[C@@H](n3cc(C)c(=O)[nH]c3=O)C[C@@H]2OC(C)=O)SCc2nccn2C)(c2ccccc2)c2ccc(OC)cc2)cc1. The Morgan fingerprint density at radius 1 is 0.786 bits per heavy atom. The van der Waals surface area contributed by atoms with Gasteiger partial charge in [0, 0.05) is 62.7 Å². The average molecular weight is 1020 g/mol. The molecule has 6 aromatic rings. The highest BCUT2D eigenvalue weighted by molar-refractivity contribution is 8.67. The van der Waals surface area contributed by atoms with Crippen LogP contribution in [0, 0.1) is 13.8 Å². The number of carbonyl (C=O) groups is 1. The Kier molecular flexibility index (Phi) is 15.6. The molecule has 2 N–H and O–H groups in total. The number of carbonyl (C=O) groups excluding carboxylic acids is 1. The number of aromatic amines is 2. The van der Waals surface area contributed by atoms with Crippen LogP contribution in [0.1, 0.15) is 65.9 Å². The minimum Gasteiger partial charge on any atom is -0.497 e. The van der Waals surface area contributed by atoms with E-state index < -0.39 is 76.6 Å². The quantitative estimate of drug-likeness (QED) is 0.0579. The molecular weight excluding hydrogens is 964 g/mol. The van der Waals surface area contributed by atoms with Crippen LogP contribution in [0.25, 0.3) is 0 Å². The van der Waals surface area contributed by atoms with Gasteiger partial charge in [0.15, 0.2) is 0 Å². The van der Waals surface area contributed by atoms with Gasteiger partial charge in [0.2, 0.25) is 5.69 Å². The lowest BCUT2D eigenvalue weighted by atomic mass is 9.80. The molecule has 8 rings (SSSR count). The minimum atomic E-state index is -3.55. The smallest absolute Gasteiger partial charge is 0.330 e. The highest BCUT2D eigenvalue weighted by Gasteiger charge is 2.46. The predicted octanol–water partition coefficient (Wildman–Crippen LogP) is 5.53. The van der Waals surface area contributed by atoms with E-state index in [-0.39, 0.29) is 42.9 Å². The van der Waals surface area contributed by atoms with E-state index in [1.54, 1.807) is 40.5 Å². The molecule has 19 nitrogen and oxygen atoms in total. The van der Waals surface area contributed by atoms with Crippen molar-refractivity contribution in [2.45, 2.75) is 81.8 Å². The number of rotatable bonds is 19. The number of benzene rings is 3. The lowest BCUT2D eigenvalue weighted by Gasteiger charge is -2.37. The first-order chi connectivity index (χ1) is 33.6. The Bertz CT molecular complexity index is 3040. The van der Waals surface area contributed by atoms with E-state index in [4.69, 9.17) is 49.3 Å². The highest BCUT2D eigenvalue weighted by Crippen LogP contribution is 2.64. The van der Waals surface area contributed by atoms with Gasteiger partial charge in [-0.3, -0.25) is 33.5 Å². The molecule has 0 bridgehead atoms. The van der Waals surface area contributed by atoms with Crippen molar-refractivity contribution in [2.24, 2.45) is 7.05 Å². The molecule has 0 amide bonds. The van der Waals surface area contributed by atoms with Crippen LogP contribution in [0.3, 0.4) is 0 Å². The number of methoxy groups -OCH3 is 2. The van der Waals surface area contributed by atoms with Crippen molar-refractivity contribution >= 4 is 34.9 Å². The summed E-state index contributed by atoms with van der Waals surface area (Å²) >= 11 is 7.61. The summed E-state index contributed by atoms with van der Waals surface area (Å²) < 4.78 is 55.2. The maximum Gasteiger partial charge on any atom is 0.330 e. The molecule has 370 valence electrons. The molecule has 2 aliphatic heterocycles. The molecule has 3 aromatic heterocycles. The first kappa shape index (κ1) is 50.5. The molecular formula is C48H53N6O13PS2. The van der Waals surface area contributed by atoms with Crippen molar-refractivity contribution in [2.75, 3.05) is 27.4 Å². The monoisotopic (exact) mass is 1020 g/mol. The Labute approximate surface area is 410 Å². The Morgan fingerprint density at radius 3 is 1.80 bits per heavy atom. The summed E-state index contributed by atoms with van der Waals surface area (Å²) in [6.45, 7) is 4.05. The van der Waals surface area contributed by atoms with Gasteiger partial charge in [-0.2, -0.15) is 0 Å². The molecule has 70 heavy (non-hydrogen) atoms. The molecule has 0 saturated carbocycles. The molecule has 0 radical (unpaired) electrons. The number of imidazole rings is 1. The number of hydrogen-bond acceptors (Lipinski definition) is 16. The van der Waals surface area contributed by atoms with Gasteiger partial charge in [0.1, 0.15) is 53.7 Å².